The van der Waals surface area contributed by atoms with Crippen molar-refractivity contribution in [2.24, 2.45) is 11.8 Å². The van der Waals surface area contributed by atoms with Crippen molar-refractivity contribution in [3.8, 4) is 16.9 Å². The highest BCUT2D eigenvalue weighted by molar-refractivity contribution is 5.64. The molecule has 2 aromatic carbocycles. The molecule has 1 saturated heterocycles. The summed E-state index contributed by atoms with van der Waals surface area (Å²) in [5.74, 6) is 2.27. The summed E-state index contributed by atoms with van der Waals surface area (Å²) in [6.45, 7) is 9.18. The van der Waals surface area contributed by atoms with E-state index in [2.05, 4.69) is 69.3 Å². The molecule has 0 unspecified atom stereocenters. The first-order valence-electron chi connectivity index (χ1n) is 12.3. The summed E-state index contributed by atoms with van der Waals surface area (Å²) in [6.07, 6.45) is 8.39. The van der Waals surface area contributed by atoms with E-state index in [9.17, 15) is 0 Å². The van der Waals surface area contributed by atoms with E-state index >= 15 is 0 Å². The van der Waals surface area contributed by atoms with Crippen LogP contribution in [0.2, 0.25) is 0 Å². The third kappa shape index (κ3) is 7.66. The van der Waals surface area contributed by atoms with E-state index in [-0.39, 0.29) is 6.29 Å². The maximum absolute atomic E-state index is 6.00. The lowest BCUT2D eigenvalue weighted by Crippen LogP contribution is -2.27. The third-order valence-electron chi connectivity index (χ3n) is 6.36. The van der Waals surface area contributed by atoms with Crippen LogP contribution in [0.15, 0.2) is 48.5 Å². The molecule has 3 nitrogen and oxygen atoms in total. The van der Waals surface area contributed by atoms with Gasteiger partial charge in [-0.2, -0.15) is 0 Å². The Morgan fingerprint density at radius 1 is 0.871 bits per heavy atom. The summed E-state index contributed by atoms with van der Waals surface area (Å²) in [6, 6.07) is 16.9. The Hall–Kier alpha value is -1.84. The zero-order valence-corrected chi connectivity index (χ0v) is 19.6. The number of rotatable bonds is 12. The Labute approximate surface area is 189 Å². The van der Waals surface area contributed by atoms with E-state index in [1.165, 1.54) is 49.7 Å². The highest BCUT2D eigenvalue weighted by Crippen LogP contribution is 2.29. The first-order chi connectivity index (χ1) is 15.2. The molecule has 1 fully saturated rings. The van der Waals surface area contributed by atoms with Gasteiger partial charge in [0.2, 0.25) is 0 Å². The smallest absolute Gasteiger partial charge is 0.183 e. The van der Waals surface area contributed by atoms with Crippen LogP contribution in [0.4, 0.5) is 0 Å². The lowest BCUT2D eigenvalue weighted by atomic mass is 10.0. The quantitative estimate of drug-likeness (QED) is 0.325. The zero-order chi connectivity index (χ0) is 21.9. The maximum atomic E-state index is 6.00. The van der Waals surface area contributed by atoms with Crippen molar-refractivity contribution in [2.75, 3.05) is 19.8 Å². The van der Waals surface area contributed by atoms with Gasteiger partial charge in [0.1, 0.15) is 5.75 Å². The van der Waals surface area contributed by atoms with Crippen LogP contribution < -0.4 is 4.74 Å². The Morgan fingerprint density at radius 2 is 1.52 bits per heavy atom. The van der Waals surface area contributed by atoms with Crippen molar-refractivity contribution in [3.05, 3.63) is 54.1 Å². The molecule has 3 heteroatoms. The lowest BCUT2D eigenvalue weighted by molar-refractivity contribution is -0.206. The van der Waals surface area contributed by atoms with Crippen molar-refractivity contribution in [1.82, 2.24) is 0 Å². The molecule has 0 radical (unpaired) electrons. The molecule has 0 N–H and O–H groups in total. The van der Waals surface area contributed by atoms with Crippen LogP contribution in [0.25, 0.3) is 11.1 Å². The lowest BCUT2D eigenvalue weighted by Gasteiger charge is -2.29. The molecule has 1 aliphatic heterocycles. The van der Waals surface area contributed by atoms with Gasteiger partial charge in [0.15, 0.2) is 6.29 Å². The van der Waals surface area contributed by atoms with E-state index in [0.717, 1.165) is 43.5 Å². The molecule has 0 aromatic heterocycles. The SMILES string of the molecule is CCCCC[C@H]1CO[C@H](c2ccc(-c3ccc(OCCC[C@@H](C)CC)cc3)cc2)OC1. The Balaban J connectivity index is 1.45. The van der Waals surface area contributed by atoms with Crippen LogP contribution in [0.3, 0.4) is 0 Å². The van der Waals surface area contributed by atoms with Gasteiger partial charge < -0.3 is 14.2 Å². The number of hydrogen-bond acceptors (Lipinski definition) is 3. The highest BCUT2D eigenvalue weighted by Gasteiger charge is 2.23. The highest BCUT2D eigenvalue weighted by atomic mass is 16.7. The van der Waals surface area contributed by atoms with Crippen molar-refractivity contribution in [1.29, 1.82) is 0 Å². The van der Waals surface area contributed by atoms with Crippen LogP contribution in [0, 0.1) is 11.8 Å². The van der Waals surface area contributed by atoms with Gasteiger partial charge in [0.25, 0.3) is 0 Å². The van der Waals surface area contributed by atoms with Gasteiger partial charge >= 0.3 is 0 Å². The van der Waals surface area contributed by atoms with Gasteiger partial charge in [-0.15, -0.1) is 0 Å². The van der Waals surface area contributed by atoms with Gasteiger partial charge in [0.05, 0.1) is 19.8 Å². The summed E-state index contributed by atoms with van der Waals surface area (Å²) in [5, 5.41) is 0. The Morgan fingerprint density at radius 3 is 2.13 bits per heavy atom. The van der Waals surface area contributed by atoms with Crippen LogP contribution in [-0.2, 0) is 9.47 Å². The van der Waals surface area contributed by atoms with Crippen LogP contribution in [-0.4, -0.2) is 19.8 Å². The number of benzene rings is 2. The van der Waals surface area contributed by atoms with Crippen LogP contribution in [0.1, 0.15) is 77.6 Å². The third-order valence-corrected chi connectivity index (χ3v) is 6.36. The van der Waals surface area contributed by atoms with Gasteiger partial charge in [0, 0.05) is 11.5 Å². The fraction of sp³-hybridized carbons (Fsp3) is 0.571. The molecule has 0 amide bonds. The zero-order valence-electron chi connectivity index (χ0n) is 19.6. The van der Waals surface area contributed by atoms with E-state index in [1.54, 1.807) is 0 Å². The van der Waals surface area contributed by atoms with Crippen molar-refractivity contribution < 1.29 is 14.2 Å². The Kier molecular flexibility index (Phi) is 9.89. The minimum Gasteiger partial charge on any atom is -0.494 e. The number of ether oxygens (including phenoxy) is 3. The largest absolute Gasteiger partial charge is 0.494 e. The summed E-state index contributed by atoms with van der Waals surface area (Å²) >= 11 is 0. The molecular weight excluding hydrogens is 384 g/mol. The summed E-state index contributed by atoms with van der Waals surface area (Å²) < 4.78 is 17.9. The Bertz CT molecular complexity index is 730. The predicted molar refractivity (Wildman–Crippen MR) is 128 cm³/mol. The second kappa shape index (κ2) is 12.9. The first-order valence-corrected chi connectivity index (χ1v) is 12.3. The standard InChI is InChI=1S/C28H40O3/c1-4-6-7-10-23-20-30-28(31-21-23)26-13-11-24(12-14-26)25-15-17-27(18-16-25)29-19-8-9-22(3)5-2/h11-18,22-23,28H,4-10,19-21H2,1-3H3/t22-,23-,28-/m0/s1. The molecule has 0 aliphatic carbocycles. The minimum absolute atomic E-state index is 0.234. The number of unbranched alkanes of at least 4 members (excludes halogenated alkanes) is 2. The van der Waals surface area contributed by atoms with E-state index in [1.807, 2.05) is 0 Å². The van der Waals surface area contributed by atoms with Crippen molar-refractivity contribution in [3.63, 3.8) is 0 Å². The molecular formula is C28H40O3. The molecule has 170 valence electrons. The first kappa shape index (κ1) is 23.8. The minimum atomic E-state index is -0.234. The van der Waals surface area contributed by atoms with Gasteiger partial charge in [-0.1, -0.05) is 82.9 Å². The summed E-state index contributed by atoms with van der Waals surface area (Å²) in [4.78, 5) is 0. The normalized spacial score (nSPS) is 19.8. The monoisotopic (exact) mass is 424 g/mol. The van der Waals surface area contributed by atoms with Crippen molar-refractivity contribution in [2.45, 2.75) is 72.0 Å². The molecule has 2 aromatic rings. The molecule has 0 bridgehead atoms. The van der Waals surface area contributed by atoms with Crippen molar-refractivity contribution >= 4 is 0 Å². The fourth-order valence-electron chi connectivity index (χ4n) is 3.99. The molecule has 1 heterocycles. The van der Waals surface area contributed by atoms with E-state index < -0.39 is 0 Å². The summed E-state index contributed by atoms with van der Waals surface area (Å²) in [7, 11) is 0. The average Bonchev–Trinajstić information content (AvgIpc) is 2.83. The van der Waals surface area contributed by atoms with Gasteiger partial charge in [-0.25, -0.2) is 0 Å². The molecule has 1 aliphatic rings. The molecule has 3 rings (SSSR count). The second-order valence-electron chi connectivity index (χ2n) is 9.01. The molecule has 0 spiro atoms. The molecule has 0 saturated carbocycles. The van der Waals surface area contributed by atoms with Gasteiger partial charge in [-0.3, -0.25) is 0 Å². The predicted octanol–water partition coefficient (Wildman–Crippen LogP) is 7.80. The van der Waals surface area contributed by atoms with Gasteiger partial charge in [-0.05, 0) is 48.4 Å². The van der Waals surface area contributed by atoms with Crippen LogP contribution >= 0.6 is 0 Å². The topological polar surface area (TPSA) is 27.7 Å². The van der Waals surface area contributed by atoms with E-state index in [4.69, 9.17) is 14.2 Å². The number of hydrogen-bond donors (Lipinski definition) is 0. The van der Waals surface area contributed by atoms with Crippen LogP contribution in [0.5, 0.6) is 5.75 Å². The molecule has 1 atom stereocenters. The average molecular weight is 425 g/mol. The van der Waals surface area contributed by atoms with E-state index in [0.29, 0.717) is 5.92 Å². The maximum Gasteiger partial charge on any atom is 0.183 e. The second-order valence-corrected chi connectivity index (χ2v) is 9.01. The molecule has 31 heavy (non-hydrogen) atoms. The fourth-order valence-corrected chi connectivity index (χ4v) is 3.99. The summed E-state index contributed by atoms with van der Waals surface area (Å²) in [5.41, 5.74) is 3.48.